The second-order valence-corrected chi connectivity index (χ2v) is 7.11. The Hall–Kier alpha value is -4.13. The van der Waals surface area contributed by atoms with Gasteiger partial charge >= 0.3 is 5.69 Å². The number of benzene rings is 3. The van der Waals surface area contributed by atoms with Gasteiger partial charge in [-0.15, -0.1) is 0 Å². The molecule has 1 amide bonds. The maximum atomic E-state index is 12.9. The zero-order valence-electron chi connectivity index (χ0n) is 17.1. The molecule has 3 aromatic carbocycles. The van der Waals surface area contributed by atoms with E-state index in [1.54, 1.807) is 37.3 Å². The van der Waals surface area contributed by atoms with Crippen molar-refractivity contribution in [2.45, 2.75) is 20.4 Å². The summed E-state index contributed by atoms with van der Waals surface area (Å²) in [6.45, 7) is 3.98. The minimum atomic E-state index is -0.505. The smallest absolute Gasteiger partial charge is 0.328 e. The number of para-hydroxylation sites is 2. The zero-order valence-corrected chi connectivity index (χ0v) is 17.1. The number of aromatic nitrogens is 2. The molecular formula is C24H21N3O4. The van der Waals surface area contributed by atoms with Crippen molar-refractivity contribution in [3.05, 3.63) is 98.7 Å². The van der Waals surface area contributed by atoms with Gasteiger partial charge in [0, 0.05) is 12.1 Å². The molecule has 2 N–H and O–H groups in total. The van der Waals surface area contributed by atoms with Crippen molar-refractivity contribution in [3.8, 4) is 11.5 Å². The minimum absolute atomic E-state index is 0.268. The summed E-state index contributed by atoms with van der Waals surface area (Å²) in [6, 6.07) is 19.3. The first-order valence-corrected chi connectivity index (χ1v) is 9.88. The van der Waals surface area contributed by atoms with Gasteiger partial charge in [0.25, 0.3) is 11.5 Å². The molecule has 0 bridgehead atoms. The zero-order chi connectivity index (χ0) is 22.0. The quantitative estimate of drug-likeness (QED) is 0.514. The molecule has 0 aliphatic carbocycles. The van der Waals surface area contributed by atoms with E-state index in [2.05, 4.69) is 10.3 Å². The summed E-state index contributed by atoms with van der Waals surface area (Å²) in [5, 5.41) is 3.18. The Balaban J connectivity index is 1.63. The third-order valence-corrected chi connectivity index (χ3v) is 4.94. The molecule has 7 heteroatoms. The van der Waals surface area contributed by atoms with Crippen LogP contribution in [0.4, 0.5) is 5.69 Å². The van der Waals surface area contributed by atoms with Gasteiger partial charge in [-0.3, -0.25) is 14.2 Å². The van der Waals surface area contributed by atoms with Crippen molar-refractivity contribution >= 4 is 22.5 Å². The lowest BCUT2D eigenvalue weighted by atomic mass is 10.1. The van der Waals surface area contributed by atoms with E-state index in [4.69, 9.17) is 4.74 Å². The summed E-state index contributed by atoms with van der Waals surface area (Å²) >= 11 is 0. The number of hydrogen-bond donors (Lipinski definition) is 2. The van der Waals surface area contributed by atoms with Crippen LogP contribution in [0.1, 0.15) is 22.8 Å². The summed E-state index contributed by atoms with van der Waals surface area (Å²) in [7, 11) is 0. The molecule has 1 aromatic heterocycles. The standard InChI is InChI=1S/C24H21N3O4/c1-3-27-23(29)18-13-10-16(14-20(18)26-24(27)30)22(28)25-19-6-4-5-7-21(19)31-17-11-8-15(2)9-12-17/h4-14H,3H2,1-2H3,(H,25,28)(H,26,30). The van der Waals surface area contributed by atoms with Crippen LogP contribution in [0.2, 0.25) is 0 Å². The molecule has 156 valence electrons. The Morgan fingerprint density at radius 1 is 1.03 bits per heavy atom. The normalized spacial score (nSPS) is 10.8. The van der Waals surface area contributed by atoms with Crippen molar-refractivity contribution in [2.24, 2.45) is 0 Å². The van der Waals surface area contributed by atoms with Crippen molar-refractivity contribution in [1.29, 1.82) is 0 Å². The maximum Gasteiger partial charge on any atom is 0.328 e. The largest absolute Gasteiger partial charge is 0.455 e. The fraction of sp³-hybridized carbons (Fsp3) is 0.125. The Bertz CT molecular complexity index is 1380. The van der Waals surface area contributed by atoms with Gasteiger partial charge in [0.2, 0.25) is 0 Å². The molecule has 0 radical (unpaired) electrons. The van der Waals surface area contributed by atoms with E-state index in [0.717, 1.165) is 10.1 Å². The highest BCUT2D eigenvalue weighted by Gasteiger charge is 2.13. The van der Waals surface area contributed by atoms with Gasteiger partial charge < -0.3 is 15.0 Å². The topological polar surface area (TPSA) is 93.2 Å². The first-order valence-electron chi connectivity index (χ1n) is 9.88. The minimum Gasteiger partial charge on any atom is -0.455 e. The number of aromatic amines is 1. The number of anilines is 1. The first-order chi connectivity index (χ1) is 15.0. The number of rotatable bonds is 5. The van der Waals surface area contributed by atoms with E-state index in [1.165, 1.54) is 6.07 Å². The second kappa shape index (κ2) is 8.31. The van der Waals surface area contributed by atoms with E-state index < -0.39 is 5.69 Å². The van der Waals surface area contributed by atoms with Gasteiger partial charge in [-0.1, -0.05) is 29.8 Å². The maximum absolute atomic E-state index is 12.9. The summed E-state index contributed by atoms with van der Waals surface area (Å²) in [5.41, 5.74) is 1.36. The summed E-state index contributed by atoms with van der Waals surface area (Å²) in [6.07, 6.45) is 0. The molecule has 4 rings (SSSR count). The van der Waals surface area contributed by atoms with Crippen LogP contribution in [0.25, 0.3) is 10.9 Å². The van der Waals surface area contributed by atoms with Gasteiger partial charge in [-0.05, 0) is 56.3 Å². The fourth-order valence-corrected chi connectivity index (χ4v) is 3.27. The first kappa shape index (κ1) is 20.2. The monoisotopic (exact) mass is 415 g/mol. The van der Waals surface area contributed by atoms with Gasteiger partial charge in [-0.2, -0.15) is 0 Å². The number of H-pyrrole nitrogens is 1. The van der Waals surface area contributed by atoms with Crippen molar-refractivity contribution in [1.82, 2.24) is 9.55 Å². The highest BCUT2D eigenvalue weighted by Crippen LogP contribution is 2.29. The van der Waals surface area contributed by atoms with Gasteiger partial charge in [0.15, 0.2) is 5.75 Å². The Labute approximate surface area is 177 Å². The lowest BCUT2D eigenvalue weighted by Crippen LogP contribution is -2.34. The number of carbonyl (C=O) groups is 1. The van der Waals surface area contributed by atoms with Crippen molar-refractivity contribution in [2.75, 3.05) is 5.32 Å². The van der Waals surface area contributed by atoms with Gasteiger partial charge in [0.05, 0.1) is 16.6 Å². The van der Waals surface area contributed by atoms with Crippen LogP contribution in [0.3, 0.4) is 0 Å². The molecule has 0 saturated heterocycles. The molecule has 0 atom stereocenters. The molecule has 4 aromatic rings. The van der Waals surface area contributed by atoms with E-state index in [-0.39, 0.29) is 18.0 Å². The molecule has 0 unspecified atom stereocenters. The van der Waals surface area contributed by atoms with Crippen LogP contribution >= 0.6 is 0 Å². The molecular weight excluding hydrogens is 394 g/mol. The third-order valence-electron chi connectivity index (χ3n) is 4.94. The fourth-order valence-electron chi connectivity index (χ4n) is 3.27. The summed E-state index contributed by atoms with van der Waals surface area (Å²) in [5.74, 6) is 0.768. The average Bonchev–Trinajstić information content (AvgIpc) is 2.76. The number of fused-ring (bicyclic) bond motifs is 1. The van der Waals surface area contributed by atoms with Crippen molar-refractivity contribution in [3.63, 3.8) is 0 Å². The number of ether oxygens (including phenoxy) is 1. The van der Waals surface area contributed by atoms with Crippen LogP contribution < -0.4 is 21.3 Å². The number of nitrogens with one attached hydrogen (secondary N) is 2. The number of hydrogen-bond acceptors (Lipinski definition) is 4. The van der Waals surface area contributed by atoms with E-state index in [1.807, 2.05) is 37.3 Å². The lowest BCUT2D eigenvalue weighted by molar-refractivity contribution is 0.102. The van der Waals surface area contributed by atoms with Crippen LogP contribution in [0.5, 0.6) is 11.5 Å². The molecule has 0 fully saturated rings. The predicted octanol–water partition coefficient (Wildman–Crippen LogP) is 4.06. The van der Waals surface area contributed by atoms with E-state index in [0.29, 0.717) is 33.7 Å². The molecule has 1 heterocycles. The Morgan fingerprint density at radius 2 is 1.77 bits per heavy atom. The van der Waals surface area contributed by atoms with Gasteiger partial charge in [-0.25, -0.2) is 4.79 Å². The number of amides is 1. The molecule has 0 saturated carbocycles. The molecule has 0 aliphatic rings. The lowest BCUT2D eigenvalue weighted by Gasteiger charge is -2.13. The number of carbonyl (C=O) groups excluding carboxylic acids is 1. The Kier molecular flexibility index (Phi) is 5.41. The molecule has 0 spiro atoms. The molecule has 7 nitrogen and oxygen atoms in total. The SMILES string of the molecule is CCn1c(=O)[nH]c2cc(C(=O)Nc3ccccc3Oc3ccc(C)cc3)ccc2c1=O. The molecule has 31 heavy (non-hydrogen) atoms. The van der Waals surface area contributed by atoms with Crippen LogP contribution in [-0.2, 0) is 6.54 Å². The number of aryl methyl sites for hydroxylation is 1. The second-order valence-electron chi connectivity index (χ2n) is 7.11. The van der Waals surface area contributed by atoms with Crippen molar-refractivity contribution < 1.29 is 9.53 Å². The van der Waals surface area contributed by atoms with E-state index >= 15 is 0 Å². The summed E-state index contributed by atoms with van der Waals surface area (Å²) in [4.78, 5) is 40.0. The van der Waals surface area contributed by atoms with E-state index in [9.17, 15) is 14.4 Å². The Morgan fingerprint density at radius 3 is 2.52 bits per heavy atom. The predicted molar refractivity (Wildman–Crippen MR) is 120 cm³/mol. The van der Waals surface area contributed by atoms with Crippen LogP contribution in [-0.4, -0.2) is 15.5 Å². The highest BCUT2D eigenvalue weighted by molar-refractivity contribution is 6.06. The third kappa shape index (κ3) is 4.11. The molecule has 0 aliphatic heterocycles. The van der Waals surface area contributed by atoms with Crippen LogP contribution in [0, 0.1) is 6.92 Å². The average molecular weight is 415 g/mol. The van der Waals surface area contributed by atoms with Gasteiger partial charge in [0.1, 0.15) is 5.75 Å². The summed E-state index contributed by atoms with van der Waals surface area (Å²) < 4.78 is 7.03. The van der Waals surface area contributed by atoms with Crippen LogP contribution in [0.15, 0.2) is 76.3 Å². The number of nitrogens with zero attached hydrogens (tertiary/aromatic N) is 1. The highest BCUT2D eigenvalue weighted by atomic mass is 16.5.